The maximum absolute atomic E-state index is 12.5. The van der Waals surface area contributed by atoms with Crippen molar-refractivity contribution in [3.8, 4) is 0 Å². The number of aliphatic hydroxyl groups excluding tert-OH is 4. The lowest BCUT2D eigenvalue weighted by molar-refractivity contribution is -0.352. The normalized spacial score (nSPS) is 37.7. The highest BCUT2D eigenvalue weighted by Crippen LogP contribution is 2.38. The van der Waals surface area contributed by atoms with Gasteiger partial charge < -0.3 is 91.2 Å². The van der Waals surface area contributed by atoms with Crippen LogP contribution in [0.25, 0.3) is 0 Å². The van der Waals surface area contributed by atoms with Crippen LogP contribution in [0.15, 0.2) is 11.6 Å². The van der Waals surface area contributed by atoms with E-state index < -0.39 is 219 Å². The van der Waals surface area contributed by atoms with Crippen molar-refractivity contribution in [3.63, 3.8) is 0 Å². The van der Waals surface area contributed by atoms with Crippen molar-refractivity contribution in [3.05, 3.63) is 11.6 Å². The van der Waals surface area contributed by atoms with Gasteiger partial charge in [-0.3, -0.25) is 0 Å². The van der Waals surface area contributed by atoms with Crippen LogP contribution in [0.2, 0.25) is 0 Å². The fourth-order valence-corrected chi connectivity index (χ4v) is 12.4. The summed E-state index contributed by atoms with van der Waals surface area (Å²) in [5, 5.41) is 68.7. The molecule has 4 aliphatic rings. The molecular weight excluding hydrogens is 1080 g/mol. The summed E-state index contributed by atoms with van der Waals surface area (Å²) in [4.78, 5) is 24.2. The molecule has 18 atom stereocenters. The van der Waals surface area contributed by atoms with E-state index in [-0.39, 0.29) is 0 Å². The first-order valence-corrected chi connectivity index (χ1v) is 27.8. The molecule has 1 saturated carbocycles. The predicted molar refractivity (Wildman–Crippen MR) is 200 cm³/mol. The third-order valence-corrected chi connectivity index (χ3v) is 14.7. The summed E-state index contributed by atoms with van der Waals surface area (Å²) >= 11 is 0. The first-order chi connectivity index (χ1) is 31.1. The van der Waals surface area contributed by atoms with Crippen LogP contribution in [0.3, 0.4) is 0 Å². The van der Waals surface area contributed by atoms with E-state index in [0.717, 1.165) is 6.92 Å². The molecule has 0 aromatic rings. The lowest BCUT2D eigenvalue weighted by Gasteiger charge is -2.50. The van der Waals surface area contributed by atoms with E-state index >= 15 is 0 Å². The quantitative estimate of drug-likeness (QED) is 0.0495. The lowest BCUT2D eigenvalue weighted by Crippen LogP contribution is -2.70. The third-order valence-electron chi connectivity index (χ3n) is 10.9. The molecule has 402 valence electrons. The molecule has 0 spiro atoms. The SMILES string of the molecule is C[C@@H]1OC(CS(=O)(=O)[O-])[C@H](O[C@@H]2OC(C(=O)[O-])[C@H](OC[C@@H]3CC(CS(=O)(=O)[O-])[C@H](O[C@@H]4CC(C(=O)[O-])=C[C@H](O)C4NS(=O)(=O)[O-])[C@H](O)C3NS(=O)(=O)[O-])[C@H](O)C2NS(=O)(=O)[O-])[C@H](O)C1NS(=O)(=O)[O-]. The zero-order valence-corrected chi connectivity index (χ0v) is 39.2. The van der Waals surface area contributed by atoms with Gasteiger partial charge in [-0.2, -0.15) is 0 Å². The number of hydrogen-bond acceptors (Lipinski definition) is 31. The average Bonchev–Trinajstić information content (AvgIpc) is 3.13. The Kier molecular flexibility index (Phi) is 18.9. The minimum atomic E-state index is -5.90. The van der Waals surface area contributed by atoms with Gasteiger partial charge in [-0.25, -0.2) is 69.4 Å². The molecule has 69 heavy (non-hydrogen) atoms. The molecule has 2 aliphatic heterocycles. The number of carbonyl (C=O) groups excluding carboxylic acids is 2. The van der Waals surface area contributed by atoms with Crippen LogP contribution in [0, 0.1) is 11.8 Å². The second-order valence-corrected chi connectivity index (χ2v) is 23.4. The topological polar surface area (TPSA) is 599 Å². The minimum Gasteiger partial charge on any atom is -0.748 e. The van der Waals surface area contributed by atoms with E-state index in [1.807, 2.05) is 0 Å². The Balaban J connectivity index is 1.74. The van der Waals surface area contributed by atoms with Crippen LogP contribution < -0.4 is 29.1 Å². The Hall–Kier alpha value is -2.38. The molecule has 41 heteroatoms. The van der Waals surface area contributed by atoms with E-state index in [9.17, 15) is 118 Å². The third kappa shape index (κ3) is 17.1. The van der Waals surface area contributed by atoms with Gasteiger partial charge in [0.1, 0.15) is 36.6 Å². The summed E-state index contributed by atoms with van der Waals surface area (Å²) in [6, 6.07) is -9.30. The highest BCUT2D eigenvalue weighted by Gasteiger charge is 2.54. The smallest absolute Gasteiger partial charge is 0.178 e. The number of carboxylic acid groups (broad SMARTS) is 2. The van der Waals surface area contributed by atoms with Gasteiger partial charge >= 0.3 is 0 Å². The number of nitrogens with one attached hydrogen (secondary N) is 4. The molecule has 0 aromatic carbocycles. The van der Waals surface area contributed by atoms with Crippen molar-refractivity contribution < 1.29 is 142 Å². The van der Waals surface area contributed by atoms with Crippen molar-refractivity contribution in [2.24, 2.45) is 11.8 Å². The van der Waals surface area contributed by atoms with Crippen LogP contribution in [0.1, 0.15) is 19.8 Å². The van der Waals surface area contributed by atoms with Crippen molar-refractivity contribution in [1.82, 2.24) is 18.9 Å². The first-order valence-electron chi connectivity index (χ1n) is 19.0. The number of carboxylic acids is 2. The summed E-state index contributed by atoms with van der Waals surface area (Å²) < 4.78 is 245. The largest absolute Gasteiger partial charge is 0.748 e. The number of ether oxygens (including phenoxy) is 5. The Labute approximate surface area is 391 Å². The Bertz CT molecular complexity index is 2600. The van der Waals surface area contributed by atoms with E-state index in [2.05, 4.69) is 0 Å². The molecule has 0 amide bonds. The zero-order valence-electron chi connectivity index (χ0n) is 34.3. The van der Waals surface area contributed by atoms with Crippen LogP contribution in [-0.2, 0) is 94.7 Å². The van der Waals surface area contributed by atoms with Crippen LogP contribution >= 0.6 is 0 Å². The highest BCUT2D eigenvalue weighted by atomic mass is 32.3. The summed E-state index contributed by atoms with van der Waals surface area (Å²) in [7, 11) is -33.7. The number of aliphatic hydroxyl groups is 4. The molecule has 3 fully saturated rings. The van der Waals surface area contributed by atoms with Crippen LogP contribution in [-0.4, -0.2) is 226 Å². The maximum Gasteiger partial charge on any atom is 0.178 e. The Morgan fingerprint density at radius 1 is 0.638 bits per heavy atom. The maximum atomic E-state index is 12.5. The van der Waals surface area contributed by atoms with Crippen molar-refractivity contribution in [1.29, 1.82) is 0 Å². The van der Waals surface area contributed by atoms with Gasteiger partial charge in [0.2, 0.25) is 0 Å². The van der Waals surface area contributed by atoms with E-state index in [1.54, 1.807) is 0 Å². The zero-order chi connectivity index (χ0) is 52.7. The van der Waals surface area contributed by atoms with Gasteiger partial charge in [0.25, 0.3) is 0 Å². The molecular formula is C28H40N4O31S6-8. The van der Waals surface area contributed by atoms with Gasteiger partial charge in [0, 0.05) is 24.0 Å². The standard InChI is InChI=1S/C28H48N4O31S6/c1-8-15(29-66(47,48)49)19(34)23(14(60-8)7-65(44,45)46)62-28-18(32-69(56,57)58)21(36)24(25(63-28)27(39)40)59-5-10-2-11(6-64(41,42)43)22(20(35)16(10)30-67(50,51)52)61-13-4-9(26(37)38)3-12(33)17(13)31-68(53,54)55/h3,8,10-25,28-36H,2,4-7H2,1H3,(H,37,38)(H,39,40)(H,41,42,43)(H,44,45,46)(H,47,48,49)(H,50,51,52)(H,53,54,55)(H,56,57,58)/p-8/t8-,10-,11?,12-,13+,14?,15?,16?,17?,18?,19+,20+,21+,22-,23-,24+,25?,28+/m0/s1. The molecule has 0 bridgehead atoms. The number of aliphatic carboxylic acids is 2. The molecule has 2 saturated heterocycles. The van der Waals surface area contributed by atoms with E-state index in [0.29, 0.717) is 6.08 Å². The molecule has 8 N–H and O–H groups in total. The number of rotatable bonds is 21. The summed E-state index contributed by atoms with van der Waals surface area (Å²) in [5.41, 5.74) is -0.833. The average molecular weight is 1120 g/mol. The fraction of sp³-hybridized carbons (Fsp3) is 0.857. The van der Waals surface area contributed by atoms with Crippen molar-refractivity contribution in [2.75, 3.05) is 18.1 Å². The molecule has 35 nitrogen and oxygen atoms in total. The fourth-order valence-electron chi connectivity index (χ4n) is 8.29. The minimum absolute atomic E-state index is 0.506. The second kappa shape index (κ2) is 22.0. The summed E-state index contributed by atoms with van der Waals surface area (Å²) in [6.45, 7) is -0.398. The van der Waals surface area contributed by atoms with Crippen LogP contribution in [0.5, 0.6) is 0 Å². The summed E-state index contributed by atoms with van der Waals surface area (Å²) in [6.07, 6.45) is -30.8. The van der Waals surface area contributed by atoms with Gasteiger partial charge in [-0.05, 0) is 25.0 Å². The Morgan fingerprint density at radius 2 is 1.12 bits per heavy atom. The summed E-state index contributed by atoms with van der Waals surface area (Å²) in [5.74, 6) is -11.7. The second-order valence-electron chi connectivity index (χ2n) is 15.9. The lowest BCUT2D eigenvalue weighted by atomic mass is 9.75. The van der Waals surface area contributed by atoms with Gasteiger partial charge in [-0.1, -0.05) is 0 Å². The molecule has 2 aliphatic carbocycles. The first kappa shape index (κ1) is 59.2. The van der Waals surface area contributed by atoms with Gasteiger partial charge in [-0.15, -0.1) is 0 Å². The van der Waals surface area contributed by atoms with Gasteiger partial charge in [0.05, 0.1) is 99.3 Å². The number of hydrogen-bond donors (Lipinski definition) is 8. The monoisotopic (exact) mass is 1120 g/mol. The molecule has 0 aromatic heterocycles. The predicted octanol–water partition coefficient (Wildman–Crippen LogP) is -13.3. The molecule has 7 unspecified atom stereocenters. The van der Waals surface area contributed by atoms with Crippen LogP contribution in [0.4, 0.5) is 0 Å². The van der Waals surface area contributed by atoms with Gasteiger partial charge in [0.15, 0.2) is 47.5 Å². The Morgan fingerprint density at radius 3 is 1.61 bits per heavy atom. The highest BCUT2D eigenvalue weighted by molar-refractivity contribution is 7.86. The van der Waals surface area contributed by atoms with E-state index in [4.69, 9.17) is 23.7 Å². The molecule has 2 heterocycles. The molecule has 0 radical (unpaired) electrons. The van der Waals surface area contributed by atoms with Crippen molar-refractivity contribution in [2.45, 2.75) is 117 Å². The van der Waals surface area contributed by atoms with E-state index in [1.165, 1.54) is 18.9 Å². The molecule has 4 rings (SSSR count). The van der Waals surface area contributed by atoms with Crippen molar-refractivity contribution >= 4 is 73.4 Å². The number of carbonyl (C=O) groups is 2.